The average Bonchev–Trinajstić information content (AvgIpc) is 2.86. The molecule has 0 aromatic heterocycles. The number of urea groups is 1. The Labute approximate surface area is 151 Å². The number of rotatable bonds is 7. The van der Waals surface area contributed by atoms with Crippen LogP contribution in [0, 0.1) is 0 Å². The highest BCUT2D eigenvalue weighted by molar-refractivity contribution is 6.01. The van der Waals surface area contributed by atoms with Gasteiger partial charge in [0.2, 0.25) is 11.8 Å². The van der Waals surface area contributed by atoms with E-state index in [9.17, 15) is 19.2 Å². The van der Waals surface area contributed by atoms with Crippen molar-refractivity contribution in [1.29, 1.82) is 0 Å². The molecule has 2 rings (SSSR count). The minimum absolute atomic E-state index is 0.0587. The first-order chi connectivity index (χ1) is 12.4. The standard InChI is InChI=1S/C17H22N4O5/c1-3-26-13-8-6-12(7-9-13)16(24)19-18-14(22)5-4-10-21-15(23)11-20(2)17(21)25/h6-9H,3-5,10-11H2,1-2H3,(H,18,22)(H,19,24). The smallest absolute Gasteiger partial charge is 0.326 e. The summed E-state index contributed by atoms with van der Waals surface area (Å²) in [4.78, 5) is 49.5. The second kappa shape index (κ2) is 8.84. The lowest BCUT2D eigenvalue weighted by molar-refractivity contribution is -0.126. The number of carbonyl (C=O) groups excluding carboxylic acids is 4. The van der Waals surface area contributed by atoms with E-state index in [0.717, 1.165) is 4.90 Å². The molecule has 140 valence electrons. The number of amides is 5. The summed E-state index contributed by atoms with van der Waals surface area (Å²) >= 11 is 0. The highest BCUT2D eigenvalue weighted by Gasteiger charge is 2.32. The summed E-state index contributed by atoms with van der Waals surface area (Å²) in [5.74, 6) is -0.476. The maximum absolute atomic E-state index is 12.0. The van der Waals surface area contributed by atoms with E-state index in [1.165, 1.54) is 4.90 Å². The first-order valence-electron chi connectivity index (χ1n) is 8.30. The Morgan fingerprint density at radius 3 is 2.42 bits per heavy atom. The molecule has 0 saturated carbocycles. The van der Waals surface area contributed by atoms with Crippen LogP contribution < -0.4 is 15.6 Å². The maximum Gasteiger partial charge on any atom is 0.326 e. The highest BCUT2D eigenvalue weighted by atomic mass is 16.5. The van der Waals surface area contributed by atoms with Gasteiger partial charge in [-0.1, -0.05) is 0 Å². The second-order valence-corrected chi connectivity index (χ2v) is 5.75. The van der Waals surface area contributed by atoms with Crippen molar-refractivity contribution in [3.8, 4) is 5.75 Å². The van der Waals surface area contributed by atoms with E-state index in [0.29, 0.717) is 24.3 Å². The average molecular weight is 362 g/mol. The molecule has 1 aromatic rings. The SMILES string of the molecule is CCOc1ccc(C(=O)NNC(=O)CCCN2C(=O)CN(C)C2=O)cc1. The fraction of sp³-hybridized carbons (Fsp3) is 0.412. The molecule has 9 nitrogen and oxygen atoms in total. The number of hydrogen-bond acceptors (Lipinski definition) is 5. The van der Waals surface area contributed by atoms with Gasteiger partial charge in [-0.3, -0.25) is 30.1 Å². The number of benzene rings is 1. The summed E-state index contributed by atoms with van der Waals surface area (Å²) in [5, 5.41) is 0. The molecule has 0 radical (unpaired) electrons. The van der Waals surface area contributed by atoms with Crippen molar-refractivity contribution in [3.63, 3.8) is 0 Å². The zero-order chi connectivity index (χ0) is 19.1. The van der Waals surface area contributed by atoms with Gasteiger partial charge in [0.1, 0.15) is 12.3 Å². The van der Waals surface area contributed by atoms with Crippen LogP contribution in [-0.4, -0.2) is 60.3 Å². The third-order valence-corrected chi connectivity index (χ3v) is 3.76. The molecule has 1 aliphatic rings. The Kier molecular flexibility index (Phi) is 6.54. The molecule has 0 unspecified atom stereocenters. The first-order valence-corrected chi connectivity index (χ1v) is 8.30. The molecule has 5 amide bonds. The minimum atomic E-state index is -0.451. The van der Waals surface area contributed by atoms with Crippen LogP contribution in [-0.2, 0) is 9.59 Å². The normalized spacial score (nSPS) is 13.8. The van der Waals surface area contributed by atoms with Gasteiger partial charge in [0, 0.05) is 25.6 Å². The fourth-order valence-electron chi connectivity index (χ4n) is 2.42. The van der Waals surface area contributed by atoms with Gasteiger partial charge >= 0.3 is 6.03 Å². The molecule has 0 atom stereocenters. The monoisotopic (exact) mass is 362 g/mol. The van der Waals surface area contributed by atoms with Crippen molar-refractivity contribution in [2.75, 3.05) is 26.7 Å². The van der Waals surface area contributed by atoms with Crippen LogP contribution >= 0.6 is 0 Å². The zero-order valence-corrected chi connectivity index (χ0v) is 14.8. The molecule has 9 heteroatoms. The van der Waals surface area contributed by atoms with Gasteiger partial charge in [0.25, 0.3) is 5.91 Å². The molecule has 1 aliphatic heterocycles. The Morgan fingerprint density at radius 2 is 1.85 bits per heavy atom. The quantitative estimate of drug-likeness (QED) is 0.543. The molecule has 1 aromatic carbocycles. The van der Waals surface area contributed by atoms with E-state index in [1.54, 1.807) is 31.3 Å². The Hall–Kier alpha value is -3.10. The van der Waals surface area contributed by atoms with E-state index in [-0.39, 0.29) is 31.4 Å². The lowest BCUT2D eigenvalue weighted by Crippen LogP contribution is -2.42. The van der Waals surface area contributed by atoms with Gasteiger partial charge in [-0.15, -0.1) is 0 Å². The third-order valence-electron chi connectivity index (χ3n) is 3.76. The van der Waals surface area contributed by atoms with Gasteiger partial charge in [0.05, 0.1) is 6.61 Å². The fourth-order valence-corrected chi connectivity index (χ4v) is 2.42. The third kappa shape index (κ3) is 4.95. The number of hydrazine groups is 1. The summed E-state index contributed by atoms with van der Waals surface area (Å²) in [5.41, 5.74) is 5.01. The number of carbonyl (C=O) groups is 4. The highest BCUT2D eigenvalue weighted by Crippen LogP contribution is 2.12. The Balaban J connectivity index is 1.70. The topological polar surface area (TPSA) is 108 Å². The van der Waals surface area contributed by atoms with E-state index in [2.05, 4.69) is 10.9 Å². The molecule has 0 spiro atoms. The Morgan fingerprint density at radius 1 is 1.15 bits per heavy atom. The van der Waals surface area contributed by atoms with Crippen molar-refractivity contribution >= 4 is 23.8 Å². The van der Waals surface area contributed by atoms with Crippen LogP contribution in [0.2, 0.25) is 0 Å². The number of likely N-dealkylation sites (N-methyl/N-ethyl adjacent to an activating group) is 1. The van der Waals surface area contributed by atoms with Crippen molar-refractivity contribution in [2.45, 2.75) is 19.8 Å². The summed E-state index contributed by atoms with van der Waals surface area (Å²) in [6.45, 7) is 2.63. The lowest BCUT2D eigenvalue weighted by Gasteiger charge is -2.13. The van der Waals surface area contributed by atoms with Crippen LogP contribution in [0.1, 0.15) is 30.1 Å². The summed E-state index contributed by atoms with van der Waals surface area (Å²) in [7, 11) is 1.55. The number of imide groups is 1. The largest absolute Gasteiger partial charge is 0.494 e. The van der Waals surface area contributed by atoms with E-state index in [1.807, 2.05) is 6.92 Å². The molecular weight excluding hydrogens is 340 g/mol. The zero-order valence-electron chi connectivity index (χ0n) is 14.8. The van der Waals surface area contributed by atoms with Gasteiger partial charge in [-0.05, 0) is 37.6 Å². The van der Waals surface area contributed by atoms with Crippen LogP contribution in [0.4, 0.5) is 4.79 Å². The van der Waals surface area contributed by atoms with E-state index >= 15 is 0 Å². The van der Waals surface area contributed by atoms with Crippen LogP contribution in [0.15, 0.2) is 24.3 Å². The predicted molar refractivity (Wildman–Crippen MR) is 92.2 cm³/mol. The second-order valence-electron chi connectivity index (χ2n) is 5.75. The lowest BCUT2D eigenvalue weighted by atomic mass is 10.2. The number of ether oxygens (including phenoxy) is 1. The number of nitrogens with zero attached hydrogens (tertiary/aromatic N) is 2. The van der Waals surface area contributed by atoms with Gasteiger partial charge in [0.15, 0.2) is 0 Å². The molecular formula is C17H22N4O5. The van der Waals surface area contributed by atoms with Gasteiger partial charge in [-0.2, -0.15) is 0 Å². The number of nitrogens with one attached hydrogen (secondary N) is 2. The molecule has 1 fully saturated rings. The molecule has 2 N–H and O–H groups in total. The molecule has 0 aliphatic carbocycles. The summed E-state index contributed by atoms with van der Waals surface area (Å²) < 4.78 is 5.29. The predicted octanol–water partition coefficient (Wildman–Crippen LogP) is 0.521. The number of hydrogen-bond donors (Lipinski definition) is 2. The van der Waals surface area contributed by atoms with Crippen molar-refractivity contribution in [3.05, 3.63) is 29.8 Å². The Bertz CT molecular complexity index is 689. The molecule has 0 bridgehead atoms. The first kappa shape index (κ1) is 19.2. The van der Waals surface area contributed by atoms with E-state index < -0.39 is 11.8 Å². The van der Waals surface area contributed by atoms with Crippen LogP contribution in [0.5, 0.6) is 5.75 Å². The van der Waals surface area contributed by atoms with Crippen LogP contribution in [0.25, 0.3) is 0 Å². The minimum Gasteiger partial charge on any atom is -0.494 e. The van der Waals surface area contributed by atoms with Gasteiger partial charge in [-0.25, -0.2) is 4.79 Å². The van der Waals surface area contributed by atoms with E-state index in [4.69, 9.17) is 4.74 Å². The summed E-state index contributed by atoms with van der Waals surface area (Å²) in [6.07, 6.45) is 0.389. The van der Waals surface area contributed by atoms with Crippen molar-refractivity contribution in [1.82, 2.24) is 20.7 Å². The van der Waals surface area contributed by atoms with Crippen molar-refractivity contribution in [2.24, 2.45) is 0 Å². The van der Waals surface area contributed by atoms with Crippen LogP contribution in [0.3, 0.4) is 0 Å². The summed E-state index contributed by atoms with van der Waals surface area (Å²) in [6, 6.07) is 6.16. The maximum atomic E-state index is 12.0. The van der Waals surface area contributed by atoms with Crippen molar-refractivity contribution < 1.29 is 23.9 Å². The molecule has 26 heavy (non-hydrogen) atoms. The molecule has 1 saturated heterocycles. The van der Waals surface area contributed by atoms with Gasteiger partial charge < -0.3 is 9.64 Å². The molecule has 1 heterocycles.